The van der Waals surface area contributed by atoms with Crippen molar-refractivity contribution < 1.29 is 13.2 Å². The summed E-state index contributed by atoms with van der Waals surface area (Å²) >= 11 is 5.95. The van der Waals surface area contributed by atoms with E-state index in [-0.39, 0.29) is 21.2 Å². The minimum atomic E-state index is -3.77. The van der Waals surface area contributed by atoms with Gasteiger partial charge in [0.25, 0.3) is 10.0 Å². The molecule has 0 unspecified atom stereocenters. The summed E-state index contributed by atoms with van der Waals surface area (Å²) in [5.74, 6) is -0.672. The number of carbonyl (C=O) groups excluding carboxylic acids is 1. The summed E-state index contributed by atoms with van der Waals surface area (Å²) in [4.78, 5) is 11.4. The quantitative estimate of drug-likeness (QED) is 0.885. The van der Waals surface area contributed by atoms with Crippen LogP contribution in [0.3, 0.4) is 0 Å². The van der Waals surface area contributed by atoms with Gasteiger partial charge < -0.3 is 5.73 Å². The van der Waals surface area contributed by atoms with E-state index in [1.807, 2.05) is 19.1 Å². The lowest BCUT2D eigenvalue weighted by molar-refractivity contribution is 0.100. The maximum absolute atomic E-state index is 12.6. The lowest BCUT2D eigenvalue weighted by Crippen LogP contribution is -2.16. The highest BCUT2D eigenvalue weighted by Gasteiger charge is 2.20. The molecule has 2 aromatic carbocycles. The Balaban J connectivity index is 2.44. The molecule has 0 spiro atoms. The summed E-state index contributed by atoms with van der Waals surface area (Å²) < 4.78 is 27.8. The predicted octanol–water partition coefficient (Wildman–Crippen LogP) is 3.16. The van der Waals surface area contributed by atoms with Gasteiger partial charge in [0.15, 0.2) is 0 Å². The fraction of sp³-hybridized carbons (Fsp3) is 0.188. The monoisotopic (exact) mass is 352 g/mol. The molecule has 5 nitrogen and oxygen atoms in total. The number of aryl methyl sites for hydroxylation is 3. The van der Waals surface area contributed by atoms with Crippen LogP contribution < -0.4 is 10.5 Å². The number of benzene rings is 2. The number of carbonyl (C=O) groups is 1. The van der Waals surface area contributed by atoms with Gasteiger partial charge in [0.2, 0.25) is 5.91 Å². The van der Waals surface area contributed by atoms with Gasteiger partial charge in [0.05, 0.1) is 21.2 Å². The summed E-state index contributed by atoms with van der Waals surface area (Å²) in [5.41, 5.74) is 7.89. The van der Waals surface area contributed by atoms with Gasteiger partial charge in [-0.3, -0.25) is 9.52 Å². The number of sulfonamides is 1. The Kier molecular flexibility index (Phi) is 4.68. The predicted molar refractivity (Wildman–Crippen MR) is 91.4 cm³/mol. The van der Waals surface area contributed by atoms with Gasteiger partial charge in [-0.15, -0.1) is 0 Å². The molecule has 7 heteroatoms. The van der Waals surface area contributed by atoms with Crippen molar-refractivity contribution in [3.63, 3.8) is 0 Å². The molecule has 0 aromatic heterocycles. The normalized spacial score (nSPS) is 11.3. The van der Waals surface area contributed by atoms with E-state index in [0.717, 1.165) is 5.56 Å². The lowest BCUT2D eigenvalue weighted by Gasteiger charge is -2.14. The minimum absolute atomic E-state index is 0.0926. The average Bonchev–Trinajstić information content (AvgIpc) is 2.35. The number of hydrogen-bond donors (Lipinski definition) is 2. The van der Waals surface area contributed by atoms with E-state index in [4.69, 9.17) is 17.3 Å². The van der Waals surface area contributed by atoms with E-state index in [9.17, 15) is 13.2 Å². The molecule has 122 valence electrons. The number of anilines is 1. The van der Waals surface area contributed by atoms with Gasteiger partial charge >= 0.3 is 0 Å². The topological polar surface area (TPSA) is 89.3 Å². The van der Waals surface area contributed by atoms with Gasteiger partial charge in [0, 0.05) is 0 Å². The number of halogens is 1. The molecule has 3 N–H and O–H groups in total. The number of rotatable bonds is 4. The van der Waals surface area contributed by atoms with Crippen molar-refractivity contribution in [2.45, 2.75) is 25.7 Å². The number of nitrogens with one attached hydrogen (secondary N) is 1. The first-order chi connectivity index (χ1) is 10.6. The molecule has 0 fully saturated rings. The number of nitrogens with two attached hydrogens (primary N) is 1. The number of primary amides is 1. The van der Waals surface area contributed by atoms with E-state index < -0.39 is 15.9 Å². The molecule has 0 aliphatic rings. The third kappa shape index (κ3) is 3.65. The van der Waals surface area contributed by atoms with Crippen molar-refractivity contribution in [2.75, 3.05) is 4.72 Å². The lowest BCUT2D eigenvalue weighted by atomic mass is 10.1. The molecule has 0 saturated carbocycles. The molecule has 0 heterocycles. The SMILES string of the molecule is Cc1cc(C)c(S(=O)(=O)Nc2ccc(C(N)=O)c(Cl)c2)c(C)c1. The molecule has 23 heavy (non-hydrogen) atoms. The van der Waals surface area contributed by atoms with Crippen LogP contribution in [0.2, 0.25) is 5.02 Å². The summed E-state index contributed by atoms with van der Waals surface area (Å²) in [6.07, 6.45) is 0. The van der Waals surface area contributed by atoms with Crippen LogP contribution in [-0.4, -0.2) is 14.3 Å². The van der Waals surface area contributed by atoms with Crippen LogP contribution in [0.5, 0.6) is 0 Å². The molecule has 1 amide bonds. The molecule has 0 aliphatic heterocycles. The highest BCUT2D eigenvalue weighted by Crippen LogP contribution is 2.26. The zero-order chi connectivity index (χ0) is 17.4. The highest BCUT2D eigenvalue weighted by atomic mass is 35.5. The maximum atomic E-state index is 12.6. The van der Waals surface area contributed by atoms with Crippen LogP contribution in [0.4, 0.5) is 5.69 Å². The van der Waals surface area contributed by atoms with Crippen molar-refractivity contribution in [1.82, 2.24) is 0 Å². The molecule has 2 aromatic rings. The molecular weight excluding hydrogens is 336 g/mol. The molecule has 2 rings (SSSR count). The van der Waals surface area contributed by atoms with Crippen LogP contribution in [0, 0.1) is 20.8 Å². The second kappa shape index (κ2) is 6.22. The van der Waals surface area contributed by atoms with Crippen LogP contribution >= 0.6 is 11.6 Å². The Morgan fingerprint density at radius 1 is 1.09 bits per heavy atom. The van der Waals surface area contributed by atoms with E-state index in [1.165, 1.54) is 18.2 Å². The second-order valence-electron chi connectivity index (χ2n) is 5.39. The fourth-order valence-corrected chi connectivity index (χ4v) is 4.35. The summed E-state index contributed by atoms with van der Waals surface area (Å²) in [7, 11) is -3.77. The van der Waals surface area contributed by atoms with Gasteiger partial charge in [-0.1, -0.05) is 29.3 Å². The Morgan fingerprint density at radius 2 is 1.65 bits per heavy atom. The zero-order valence-electron chi connectivity index (χ0n) is 13.0. The molecule has 0 saturated heterocycles. The zero-order valence-corrected chi connectivity index (χ0v) is 14.5. The maximum Gasteiger partial charge on any atom is 0.262 e. The Hall–Kier alpha value is -2.05. The summed E-state index contributed by atoms with van der Waals surface area (Å²) in [6, 6.07) is 7.81. The van der Waals surface area contributed by atoms with Gasteiger partial charge in [0.1, 0.15) is 0 Å². The van der Waals surface area contributed by atoms with Gasteiger partial charge in [-0.05, 0) is 50.1 Å². The largest absolute Gasteiger partial charge is 0.366 e. The van der Waals surface area contributed by atoms with Crippen LogP contribution in [0.15, 0.2) is 35.2 Å². The van der Waals surface area contributed by atoms with Crippen molar-refractivity contribution in [1.29, 1.82) is 0 Å². The van der Waals surface area contributed by atoms with Crippen molar-refractivity contribution in [3.8, 4) is 0 Å². The standard InChI is InChI=1S/C16H17ClN2O3S/c1-9-6-10(2)15(11(3)7-9)23(21,22)19-12-4-5-13(16(18)20)14(17)8-12/h4-8,19H,1-3H3,(H2,18,20). The molecular formula is C16H17ClN2O3S. The first-order valence-corrected chi connectivity index (χ1v) is 8.68. The van der Waals surface area contributed by atoms with Crippen LogP contribution in [0.1, 0.15) is 27.0 Å². The fourth-order valence-electron chi connectivity index (χ4n) is 2.58. The number of hydrogen-bond acceptors (Lipinski definition) is 3. The average molecular weight is 353 g/mol. The smallest absolute Gasteiger partial charge is 0.262 e. The van der Waals surface area contributed by atoms with Crippen molar-refractivity contribution in [3.05, 3.63) is 57.6 Å². The Labute approximate surface area is 140 Å². The summed E-state index contributed by atoms with van der Waals surface area (Å²) in [5, 5.41) is 0.0926. The van der Waals surface area contributed by atoms with Gasteiger partial charge in [-0.25, -0.2) is 8.42 Å². The second-order valence-corrected chi connectivity index (χ2v) is 7.42. The summed E-state index contributed by atoms with van der Waals surface area (Å²) in [6.45, 7) is 5.40. The van der Waals surface area contributed by atoms with Crippen molar-refractivity contribution >= 4 is 33.2 Å². The Bertz CT molecular complexity index is 869. The molecule has 0 bridgehead atoms. The van der Waals surface area contributed by atoms with E-state index in [0.29, 0.717) is 11.1 Å². The van der Waals surface area contributed by atoms with Gasteiger partial charge in [-0.2, -0.15) is 0 Å². The first kappa shape index (κ1) is 17.3. The van der Waals surface area contributed by atoms with E-state index >= 15 is 0 Å². The van der Waals surface area contributed by atoms with Crippen LogP contribution in [-0.2, 0) is 10.0 Å². The van der Waals surface area contributed by atoms with Crippen molar-refractivity contribution in [2.24, 2.45) is 5.73 Å². The van der Waals surface area contributed by atoms with Crippen LogP contribution in [0.25, 0.3) is 0 Å². The molecule has 0 aliphatic carbocycles. The molecule has 0 radical (unpaired) electrons. The first-order valence-electron chi connectivity index (χ1n) is 6.82. The minimum Gasteiger partial charge on any atom is -0.366 e. The number of amides is 1. The third-order valence-electron chi connectivity index (χ3n) is 3.36. The molecule has 0 atom stereocenters. The van der Waals surface area contributed by atoms with E-state index in [1.54, 1.807) is 13.8 Å². The van der Waals surface area contributed by atoms with E-state index in [2.05, 4.69) is 4.72 Å². The Morgan fingerprint density at radius 3 is 2.13 bits per heavy atom. The third-order valence-corrected chi connectivity index (χ3v) is 5.36. The highest BCUT2D eigenvalue weighted by molar-refractivity contribution is 7.92.